The summed E-state index contributed by atoms with van der Waals surface area (Å²) in [6.07, 6.45) is 0.771. The predicted molar refractivity (Wildman–Crippen MR) is 107 cm³/mol. The molecule has 0 aliphatic rings. The molecule has 136 valence electrons. The first-order chi connectivity index (χ1) is 12.6. The number of ether oxygens (including phenoxy) is 2. The van der Waals surface area contributed by atoms with Crippen LogP contribution in [-0.4, -0.2) is 26.3 Å². The third-order valence-corrected chi connectivity index (χ3v) is 5.13. The molecule has 3 rings (SSSR count). The van der Waals surface area contributed by atoms with Crippen molar-refractivity contribution >= 4 is 33.1 Å². The minimum absolute atomic E-state index is 0.00962. The number of fused-ring (bicyclic) bond motifs is 1. The van der Waals surface area contributed by atoms with Crippen LogP contribution in [0.25, 0.3) is 10.1 Å². The number of urea groups is 1. The van der Waals surface area contributed by atoms with Gasteiger partial charge in [0.05, 0.1) is 19.9 Å². The first-order valence-corrected chi connectivity index (χ1v) is 9.24. The smallest absolute Gasteiger partial charge is 0.319 e. The summed E-state index contributed by atoms with van der Waals surface area (Å²) in [6.45, 7) is 1.99. The zero-order valence-electron chi connectivity index (χ0n) is 15.0. The first-order valence-electron chi connectivity index (χ1n) is 8.36. The number of amides is 2. The van der Waals surface area contributed by atoms with Gasteiger partial charge in [0.1, 0.15) is 0 Å². The van der Waals surface area contributed by atoms with E-state index in [1.165, 1.54) is 15.6 Å². The van der Waals surface area contributed by atoms with Crippen molar-refractivity contribution in [1.82, 2.24) is 5.32 Å². The lowest BCUT2D eigenvalue weighted by molar-refractivity contribution is 0.249. The largest absolute Gasteiger partial charge is 0.493 e. The molecule has 0 spiro atoms. The molecule has 1 atom stereocenters. The van der Waals surface area contributed by atoms with Crippen LogP contribution in [-0.2, 0) is 6.42 Å². The average Bonchev–Trinajstić information content (AvgIpc) is 3.04. The second-order valence-corrected chi connectivity index (χ2v) is 6.91. The number of carbonyl (C=O) groups excluding carboxylic acids is 1. The van der Waals surface area contributed by atoms with E-state index in [4.69, 9.17) is 9.47 Å². The Bertz CT molecular complexity index is 907. The zero-order chi connectivity index (χ0) is 18.5. The number of hydrogen-bond acceptors (Lipinski definition) is 4. The van der Waals surface area contributed by atoms with Gasteiger partial charge in [-0.05, 0) is 47.9 Å². The van der Waals surface area contributed by atoms with Crippen LogP contribution in [0.4, 0.5) is 10.5 Å². The van der Waals surface area contributed by atoms with Crippen LogP contribution in [0.1, 0.15) is 12.5 Å². The number of hydrogen-bond donors (Lipinski definition) is 2. The van der Waals surface area contributed by atoms with E-state index < -0.39 is 0 Å². The Kier molecular flexibility index (Phi) is 5.63. The van der Waals surface area contributed by atoms with Crippen molar-refractivity contribution in [2.75, 3.05) is 19.5 Å². The topological polar surface area (TPSA) is 59.6 Å². The molecule has 1 aromatic heterocycles. The van der Waals surface area contributed by atoms with Crippen molar-refractivity contribution < 1.29 is 14.3 Å². The van der Waals surface area contributed by atoms with Crippen LogP contribution in [0.2, 0.25) is 0 Å². The van der Waals surface area contributed by atoms with Crippen molar-refractivity contribution in [3.8, 4) is 11.5 Å². The summed E-state index contributed by atoms with van der Waals surface area (Å²) >= 11 is 1.73. The van der Waals surface area contributed by atoms with Gasteiger partial charge in [0.15, 0.2) is 11.5 Å². The zero-order valence-corrected chi connectivity index (χ0v) is 15.9. The molecule has 2 aromatic carbocycles. The van der Waals surface area contributed by atoms with Crippen molar-refractivity contribution in [3.05, 3.63) is 53.4 Å². The number of methoxy groups -OCH3 is 2. The van der Waals surface area contributed by atoms with E-state index in [9.17, 15) is 4.79 Å². The summed E-state index contributed by atoms with van der Waals surface area (Å²) in [5, 5.41) is 9.22. The molecule has 2 N–H and O–H groups in total. The summed E-state index contributed by atoms with van der Waals surface area (Å²) in [7, 11) is 3.11. The molecule has 26 heavy (non-hydrogen) atoms. The number of thiophene rings is 1. The molecule has 0 bridgehead atoms. The Hall–Kier alpha value is -2.73. The molecule has 0 saturated heterocycles. The second-order valence-electron chi connectivity index (χ2n) is 6.00. The first kappa shape index (κ1) is 18.1. The van der Waals surface area contributed by atoms with Crippen molar-refractivity contribution in [3.63, 3.8) is 0 Å². The SMILES string of the molecule is COc1cccc(NC(=O)NC(C)Cc2csc3ccccc23)c1OC. The molecular formula is C20H22N2O3S. The lowest BCUT2D eigenvalue weighted by atomic mass is 10.1. The van der Waals surface area contributed by atoms with Gasteiger partial charge in [0, 0.05) is 10.7 Å². The minimum atomic E-state index is -0.274. The number of anilines is 1. The van der Waals surface area contributed by atoms with E-state index >= 15 is 0 Å². The van der Waals surface area contributed by atoms with E-state index in [2.05, 4.69) is 28.1 Å². The maximum absolute atomic E-state index is 12.4. The molecule has 0 aliphatic carbocycles. The summed E-state index contributed by atoms with van der Waals surface area (Å²) < 4.78 is 11.9. The molecule has 5 nitrogen and oxygen atoms in total. The van der Waals surface area contributed by atoms with Gasteiger partial charge in [0.2, 0.25) is 0 Å². The fourth-order valence-corrected chi connectivity index (χ4v) is 3.92. The van der Waals surface area contributed by atoms with Crippen molar-refractivity contribution in [2.24, 2.45) is 0 Å². The second kappa shape index (κ2) is 8.10. The summed E-state index contributed by atoms with van der Waals surface area (Å²) in [5.41, 5.74) is 1.81. The van der Waals surface area contributed by atoms with Crippen molar-refractivity contribution in [1.29, 1.82) is 0 Å². The number of para-hydroxylation sites is 1. The highest BCUT2D eigenvalue weighted by molar-refractivity contribution is 7.17. The van der Waals surface area contributed by atoms with Crippen LogP contribution in [0.5, 0.6) is 11.5 Å². The quantitative estimate of drug-likeness (QED) is 0.663. The maximum Gasteiger partial charge on any atom is 0.319 e. The molecule has 0 saturated carbocycles. The molecule has 1 heterocycles. The monoisotopic (exact) mass is 370 g/mol. The van der Waals surface area contributed by atoms with E-state index in [0.29, 0.717) is 17.2 Å². The Morgan fingerprint density at radius 3 is 2.69 bits per heavy atom. The van der Waals surface area contributed by atoms with Crippen LogP contribution >= 0.6 is 11.3 Å². The summed E-state index contributed by atoms with van der Waals surface area (Å²) in [6, 6.07) is 13.4. The third-order valence-electron chi connectivity index (χ3n) is 4.12. The van der Waals surface area contributed by atoms with Gasteiger partial charge in [-0.3, -0.25) is 0 Å². The fraction of sp³-hybridized carbons (Fsp3) is 0.250. The van der Waals surface area contributed by atoms with Gasteiger partial charge in [-0.25, -0.2) is 4.79 Å². The predicted octanol–water partition coefficient (Wildman–Crippen LogP) is 4.67. The van der Waals surface area contributed by atoms with E-state index in [1.54, 1.807) is 43.8 Å². The molecule has 3 aromatic rings. The normalized spacial score (nSPS) is 11.8. The van der Waals surface area contributed by atoms with Gasteiger partial charge in [-0.2, -0.15) is 0 Å². The molecule has 1 unspecified atom stereocenters. The Balaban J connectivity index is 1.65. The van der Waals surface area contributed by atoms with E-state index in [1.807, 2.05) is 19.1 Å². The summed E-state index contributed by atoms with van der Waals surface area (Å²) in [4.78, 5) is 12.4. The molecular weight excluding hydrogens is 348 g/mol. The Morgan fingerprint density at radius 1 is 1.12 bits per heavy atom. The van der Waals surface area contributed by atoms with Gasteiger partial charge in [-0.15, -0.1) is 11.3 Å². The van der Waals surface area contributed by atoms with Gasteiger partial charge in [-0.1, -0.05) is 24.3 Å². The lowest BCUT2D eigenvalue weighted by Gasteiger charge is -2.17. The van der Waals surface area contributed by atoms with Crippen LogP contribution in [0.3, 0.4) is 0 Å². The number of benzene rings is 2. The third kappa shape index (κ3) is 3.91. The highest BCUT2D eigenvalue weighted by Crippen LogP contribution is 2.34. The van der Waals surface area contributed by atoms with E-state index in [0.717, 1.165) is 6.42 Å². The molecule has 0 radical (unpaired) electrons. The Morgan fingerprint density at radius 2 is 1.92 bits per heavy atom. The molecule has 2 amide bonds. The van der Waals surface area contributed by atoms with Crippen molar-refractivity contribution in [2.45, 2.75) is 19.4 Å². The highest BCUT2D eigenvalue weighted by atomic mass is 32.1. The lowest BCUT2D eigenvalue weighted by Crippen LogP contribution is -2.37. The highest BCUT2D eigenvalue weighted by Gasteiger charge is 2.15. The number of rotatable bonds is 6. The maximum atomic E-state index is 12.4. The average molecular weight is 370 g/mol. The Labute approximate surface area is 156 Å². The van der Waals surface area contributed by atoms with Gasteiger partial charge < -0.3 is 20.1 Å². The van der Waals surface area contributed by atoms with Crippen LogP contribution in [0, 0.1) is 0 Å². The fourth-order valence-electron chi connectivity index (χ4n) is 2.94. The number of nitrogens with one attached hydrogen (secondary N) is 2. The molecule has 0 fully saturated rings. The van der Waals surface area contributed by atoms with Crippen LogP contribution < -0.4 is 20.1 Å². The minimum Gasteiger partial charge on any atom is -0.493 e. The van der Waals surface area contributed by atoms with Crippen LogP contribution in [0.15, 0.2) is 47.8 Å². The van der Waals surface area contributed by atoms with Gasteiger partial charge in [0.25, 0.3) is 0 Å². The summed E-state index contributed by atoms with van der Waals surface area (Å²) in [5.74, 6) is 1.07. The van der Waals surface area contributed by atoms with Gasteiger partial charge >= 0.3 is 6.03 Å². The standard InChI is InChI=1S/C20H22N2O3S/c1-13(11-14-12-26-18-10-5-4-7-15(14)18)21-20(23)22-16-8-6-9-17(24-2)19(16)25-3/h4-10,12-13H,11H2,1-3H3,(H2,21,22,23). The number of carbonyl (C=O) groups is 1. The molecule has 0 aliphatic heterocycles. The van der Waals surface area contributed by atoms with E-state index in [-0.39, 0.29) is 12.1 Å². The molecule has 6 heteroatoms.